The van der Waals surface area contributed by atoms with Crippen LogP contribution in [0.4, 0.5) is 16.2 Å². The maximum absolute atomic E-state index is 14.3. The number of ether oxygens (including phenoxy) is 2. The molecule has 0 spiro atoms. The van der Waals surface area contributed by atoms with Crippen molar-refractivity contribution in [2.24, 2.45) is 5.92 Å². The van der Waals surface area contributed by atoms with Gasteiger partial charge in [-0.3, -0.25) is 9.69 Å². The average molecular weight is 636 g/mol. The number of anilines is 2. The lowest BCUT2D eigenvalue weighted by Crippen LogP contribution is -2.47. The molecule has 0 saturated carbocycles. The minimum absolute atomic E-state index is 0.0375. The zero-order chi connectivity index (χ0) is 33.2. The van der Waals surface area contributed by atoms with Gasteiger partial charge in [-0.1, -0.05) is 42.4 Å². The molecule has 3 aromatic rings. The van der Waals surface area contributed by atoms with Gasteiger partial charge >= 0.3 is 6.03 Å². The highest BCUT2D eigenvalue weighted by molar-refractivity contribution is 6.03. The van der Waals surface area contributed by atoms with Crippen LogP contribution < -0.4 is 15.4 Å². The number of aromatic nitrogens is 1. The Kier molecular flexibility index (Phi) is 12.6. The summed E-state index contributed by atoms with van der Waals surface area (Å²) in [7, 11) is 2.08. The van der Waals surface area contributed by atoms with Gasteiger partial charge in [-0.2, -0.15) is 0 Å². The smallest absolute Gasteiger partial charge is 0.323 e. The summed E-state index contributed by atoms with van der Waals surface area (Å²) in [4.78, 5) is 31.2. The second kappa shape index (κ2) is 16.6. The summed E-state index contributed by atoms with van der Waals surface area (Å²) >= 11 is 0. The molecule has 0 fully saturated rings. The number of urea groups is 1. The Labute approximate surface area is 272 Å². The molecule has 2 heterocycles. The zero-order valence-electron chi connectivity index (χ0n) is 27.9. The number of carbonyl (C=O) groups excluding carboxylic acids is 2. The van der Waals surface area contributed by atoms with Gasteiger partial charge in [0.15, 0.2) is 5.76 Å². The summed E-state index contributed by atoms with van der Waals surface area (Å²) in [5.74, 6) is 0.596. The quantitative estimate of drug-likeness (QED) is 0.281. The van der Waals surface area contributed by atoms with E-state index in [1.165, 1.54) is 5.56 Å². The molecule has 46 heavy (non-hydrogen) atoms. The summed E-state index contributed by atoms with van der Waals surface area (Å²) in [6.45, 7) is 11.6. The highest BCUT2D eigenvalue weighted by atomic mass is 16.5. The molecule has 11 heteroatoms. The van der Waals surface area contributed by atoms with Crippen LogP contribution in [0.1, 0.15) is 67.4 Å². The molecule has 1 aliphatic rings. The number of nitrogens with zero attached hydrogens (tertiary/aromatic N) is 3. The van der Waals surface area contributed by atoms with E-state index in [9.17, 15) is 14.7 Å². The Balaban J connectivity index is 1.60. The lowest BCUT2D eigenvalue weighted by atomic mass is 10.0. The lowest BCUT2D eigenvalue weighted by molar-refractivity contribution is -0.0177. The molecule has 3 N–H and O–H groups in total. The highest BCUT2D eigenvalue weighted by Crippen LogP contribution is 2.29. The first-order valence-corrected chi connectivity index (χ1v) is 16.1. The predicted molar refractivity (Wildman–Crippen MR) is 178 cm³/mol. The maximum Gasteiger partial charge on any atom is 0.323 e. The van der Waals surface area contributed by atoms with Gasteiger partial charge in [0.25, 0.3) is 5.91 Å². The van der Waals surface area contributed by atoms with Crippen LogP contribution >= 0.6 is 0 Å². The van der Waals surface area contributed by atoms with E-state index in [2.05, 4.69) is 46.8 Å². The third-order valence-corrected chi connectivity index (χ3v) is 8.37. The first-order chi connectivity index (χ1) is 22.0. The SMILES string of the molecule is Cc1noc(C)c1NC(=O)Nc1ccc2c(c1)C(=O)N([C@H](C)CO)C[C@@H](C)[C@H](CN(C)Cc1ccccc1)OCCCC[C@@H](C)O2. The molecule has 1 aromatic heterocycles. The van der Waals surface area contributed by atoms with E-state index in [1.807, 2.05) is 32.0 Å². The van der Waals surface area contributed by atoms with Crippen molar-refractivity contribution in [3.63, 3.8) is 0 Å². The van der Waals surface area contributed by atoms with Gasteiger partial charge in [-0.25, -0.2) is 4.79 Å². The number of nitrogens with one attached hydrogen (secondary N) is 2. The van der Waals surface area contributed by atoms with Crippen molar-refractivity contribution in [2.45, 2.75) is 78.7 Å². The number of rotatable bonds is 8. The number of carbonyl (C=O) groups is 2. The lowest BCUT2D eigenvalue weighted by Gasteiger charge is -2.36. The van der Waals surface area contributed by atoms with E-state index in [-0.39, 0.29) is 30.6 Å². The number of aryl methyl sites for hydroxylation is 2. The molecular weight excluding hydrogens is 586 g/mol. The molecule has 4 rings (SSSR count). The second-order valence-corrected chi connectivity index (χ2v) is 12.5. The molecule has 11 nitrogen and oxygen atoms in total. The molecule has 0 unspecified atom stereocenters. The van der Waals surface area contributed by atoms with Crippen LogP contribution in [-0.4, -0.2) is 83.6 Å². The van der Waals surface area contributed by atoms with Gasteiger partial charge < -0.3 is 34.6 Å². The average Bonchev–Trinajstić information content (AvgIpc) is 3.34. The highest BCUT2D eigenvalue weighted by Gasteiger charge is 2.30. The van der Waals surface area contributed by atoms with Crippen molar-refractivity contribution < 1.29 is 28.7 Å². The van der Waals surface area contributed by atoms with E-state index >= 15 is 0 Å². The van der Waals surface area contributed by atoms with E-state index in [0.29, 0.717) is 53.8 Å². The van der Waals surface area contributed by atoms with Crippen molar-refractivity contribution in [3.8, 4) is 5.75 Å². The van der Waals surface area contributed by atoms with Crippen LogP contribution in [-0.2, 0) is 11.3 Å². The molecule has 2 aromatic carbocycles. The first-order valence-electron chi connectivity index (χ1n) is 16.1. The fraction of sp³-hybridized carbons (Fsp3) is 0.514. The third-order valence-electron chi connectivity index (χ3n) is 8.37. The van der Waals surface area contributed by atoms with Gasteiger partial charge in [0.1, 0.15) is 17.1 Å². The van der Waals surface area contributed by atoms with Crippen molar-refractivity contribution in [2.75, 3.05) is 44.0 Å². The van der Waals surface area contributed by atoms with Crippen LogP contribution in [0.5, 0.6) is 5.75 Å². The van der Waals surface area contributed by atoms with Crippen molar-refractivity contribution in [1.82, 2.24) is 15.0 Å². The van der Waals surface area contributed by atoms with Crippen molar-refractivity contribution in [3.05, 3.63) is 71.1 Å². The molecule has 0 saturated heterocycles. The molecular formula is C35H49N5O6. The van der Waals surface area contributed by atoms with Gasteiger partial charge in [0.05, 0.1) is 30.4 Å². The second-order valence-electron chi connectivity index (χ2n) is 12.5. The predicted octanol–water partition coefficient (Wildman–Crippen LogP) is 5.86. The third kappa shape index (κ3) is 9.54. The van der Waals surface area contributed by atoms with Crippen LogP contribution in [0.15, 0.2) is 53.1 Å². The van der Waals surface area contributed by atoms with Crippen molar-refractivity contribution in [1.29, 1.82) is 0 Å². The van der Waals surface area contributed by atoms with E-state index < -0.39 is 12.1 Å². The Morgan fingerprint density at radius 3 is 2.59 bits per heavy atom. The Morgan fingerprint density at radius 1 is 1.13 bits per heavy atom. The Morgan fingerprint density at radius 2 is 1.89 bits per heavy atom. The molecule has 0 bridgehead atoms. The molecule has 250 valence electrons. The number of aliphatic hydroxyl groups excluding tert-OH is 1. The maximum atomic E-state index is 14.3. The van der Waals surface area contributed by atoms with Crippen LogP contribution in [0.25, 0.3) is 0 Å². The van der Waals surface area contributed by atoms with E-state index in [4.69, 9.17) is 14.0 Å². The molecule has 1 aliphatic heterocycles. The van der Waals surface area contributed by atoms with E-state index in [1.54, 1.807) is 36.9 Å². The number of hydrogen-bond acceptors (Lipinski definition) is 8. The summed E-state index contributed by atoms with van der Waals surface area (Å²) < 4.78 is 17.9. The summed E-state index contributed by atoms with van der Waals surface area (Å²) in [6.07, 6.45) is 2.33. The van der Waals surface area contributed by atoms with Crippen molar-refractivity contribution >= 4 is 23.3 Å². The van der Waals surface area contributed by atoms with Crippen LogP contribution in [0.2, 0.25) is 0 Å². The normalized spacial score (nSPS) is 20.4. The number of likely N-dealkylation sites (N-methyl/N-ethyl adjacent to an activating group) is 1. The van der Waals surface area contributed by atoms with Gasteiger partial charge in [-0.15, -0.1) is 0 Å². The van der Waals surface area contributed by atoms with Gasteiger partial charge in [-0.05, 0) is 77.8 Å². The summed E-state index contributed by atoms with van der Waals surface area (Å²) in [5, 5.41) is 19.7. The first kappa shape index (κ1) is 34.9. The number of fused-ring (bicyclic) bond motifs is 1. The fourth-order valence-electron chi connectivity index (χ4n) is 5.67. The summed E-state index contributed by atoms with van der Waals surface area (Å²) in [6, 6.07) is 14.4. The Bertz CT molecular complexity index is 1410. The topological polar surface area (TPSA) is 129 Å². The zero-order valence-corrected chi connectivity index (χ0v) is 27.9. The molecule has 0 radical (unpaired) electrons. The van der Waals surface area contributed by atoms with Gasteiger partial charge in [0, 0.05) is 37.8 Å². The monoisotopic (exact) mass is 635 g/mol. The van der Waals surface area contributed by atoms with E-state index in [0.717, 1.165) is 25.8 Å². The number of amides is 3. The molecule has 4 atom stereocenters. The molecule has 3 amide bonds. The number of aliphatic hydroxyl groups is 1. The Hall–Kier alpha value is -3.93. The van der Waals surface area contributed by atoms with Crippen LogP contribution in [0.3, 0.4) is 0 Å². The largest absolute Gasteiger partial charge is 0.490 e. The minimum Gasteiger partial charge on any atom is -0.490 e. The minimum atomic E-state index is -0.495. The summed E-state index contributed by atoms with van der Waals surface area (Å²) in [5.41, 5.74) is 3.00. The number of benzene rings is 2. The standard InChI is InChI=1S/C35H49N5O6/c1-23-19-40(24(2)22-41)34(42)30-18-29(36-35(43)37-33-26(4)38-46-27(33)5)15-16-31(30)45-25(3)12-10-11-17-44-32(23)21-39(6)20-28-13-8-7-9-14-28/h7-9,13-16,18,23-25,32,41H,10-12,17,19-22H2,1-6H3,(H2,36,37,43)/t23-,24-,25-,32+/m1/s1. The fourth-order valence-corrected chi connectivity index (χ4v) is 5.67. The molecule has 0 aliphatic carbocycles. The number of hydrogen-bond donors (Lipinski definition) is 3. The van der Waals surface area contributed by atoms with Crippen LogP contribution in [0, 0.1) is 19.8 Å². The van der Waals surface area contributed by atoms with Gasteiger partial charge in [0.2, 0.25) is 0 Å².